The highest BCUT2D eigenvalue weighted by atomic mass is 16.5. The number of pyridine rings is 2. The minimum absolute atomic E-state index is 0.0545. The number of likely N-dealkylation sites (tertiary alicyclic amines) is 1. The summed E-state index contributed by atoms with van der Waals surface area (Å²) < 4.78 is 6.50. The molecule has 4 rings (SSSR count). The zero-order chi connectivity index (χ0) is 33.4. The van der Waals surface area contributed by atoms with E-state index < -0.39 is 0 Å². The van der Waals surface area contributed by atoms with Crippen molar-refractivity contribution in [2.24, 2.45) is 5.41 Å². The maximum Gasteiger partial charge on any atom is 0.146 e. The van der Waals surface area contributed by atoms with Crippen LogP contribution in [0.25, 0.3) is 11.4 Å². The first-order valence-electron chi connectivity index (χ1n) is 16.5. The first kappa shape index (κ1) is 34.5. The molecule has 0 bridgehead atoms. The molecule has 0 saturated carbocycles. The zero-order valence-corrected chi connectivity index (χ0v) is 30.0. The Morgan fingerprint density at radius 2 is 1.47 bits per heavy atom. The van der Waals surface area contributed by atoms with Crippen LogP contribution in [-0.2, 0) is 17.4 Å². The van der Waals surface area contributed by atoms with E-state index in [-0.39, 0.29) is 21.8 Å². The lowest BCUT2D eigenvalue weighted by molar-refractivity contribution is 0.102. The van der Waals surface area contributed by atoms with Gasteiger partial charge in [0, 0.05) is 28.8 Å². The second-order valence-electron chi connectivity index (χ2n) is 16.9. The van der Waals surface area contributed by atoms with E-state index in [0.717, 1.165) is 48.4 Å². The smallest absolute Gasteiger partial charge is 0.146 e. The van der Waals surface area contributed by atoms with Gasteiger partial charge in [-0.3, -0.25) is 14.9 Å². The number of nitrogen functional groups attached to an aromatic ring is 1. The van der Waals surface area contributed by atoms with Gasteiger partial charge in [0.2, 0.25) is 0 Å². The van der Waals surface area contributed by atoms with Gasteiger partial charge >= 0.3 is 0 Å². The predicted molar refractivity (Wildman–Crippen MR) is 190 cm³/mol. The van der Waals surface area contributed by atoms with E-state index in [2.05, 4.69) is 129 Å². The van der Waals surface area contributed by atoms with Crippen molar-refractivity contribution >= 4 is 5.69 Å². The summed E-state index contributed by atoms with van der Waals surface area (Å²) in [5.74, 6) is 8.02. The molecule has 3 heterocycles. The van der Waals surface area contributed by atoms with Crippen LogP contribution in [-0.4, -0.2) is 33.5 Å². The molecule has 1 aliphatic heterocycles. The summed E-state index contributed by atoms with van der Waals surface area (Å²) in [6.07, 6.45) is 6.03. The number of rotatable bonds is 5. The summed E-state index contributed by atoms with van der Waals surface area (Å²) in [4.78, 5) is 12.0. The van der Waals surface area contributed by atoms with E-state index in [1.54, 1.807) is 6.20 Å². The van der Waals surface area contributed by atoms with Crippen molar-refractivity contribution in [1.29, 1.82) is 0 Å². The van der Waals surface area contributed by atoms with Crippen LogP contribution in [0.3, 0.4) is 0 Å². The van der Waals surface area contributed by atoms with Crippen LogP contribution >= 0.6 is 0 Å². The zero-order valence-electron chi connectivity index (χ0n) is 30.0. The maximum atomic E-state index is 6.50. The second-order valence-corrected chi connectivity index (χ2v) is 16.9. The number of nitrogens with two attached hydrogens (primary N) is 1. The van der Waals surface area contributed by atoms with E-state index >= 15 is 0 Å². The summed E-state index contributed by atoms with van der Waals surface area (Å²) in [6, 6.07) is 10.7. The summed E-state index contributed by atoms with van der Waals surface area (Å²) in [7, 11) is 0. The molecule has 2 aromatic heterocycles. The SMILES string of the molecule is CC(C)(C)C#Cc1cc(COc2cc(-c3ccc(C4CCN(C(C)(C)C)CC4)cn3)ncc2N)c(C(C)(C)C)c(C(C)(C)C)c1. The van der Waals surface area contributed by atoms with Crippen LogP contribution in [0.4, 0.5) is 5.69 Å². The third-order valence-corrected chi connectivity index (χ3v) is 8.60. The van der Waals surface area contributed by atoms with Crippen molar-refractivity contribution in [2.75, 3.05) is 18.8 Å². The lowest BCUT2D eigenvalue weighted by Gasteiger charge is -2.41. The molecule has 5 nitrogen and oxygen atoms in total. The quantitative estimate of drug-likeness (QED) is 0.293. The number of nitrogens with zero attached hydrogens (tertiary/aromatic N) is 3. The minimum Gasteiger partial charge on any atom is -0.487 e. The number of piperidine rings is 1. The van der Waals surface area contributed by atoms with Crippen LogP contribution in [0.15, 0.2) is 42.7 Å². The molecule has 3 aromatic rings. The lowest BCUT2D eigenvalue weighted by atomic mass is 9.72. The normalized spacial score (nSPS) is 15.5. The van der Waals surface area contributed by atoms with E-state index in [1.807, 2.05) is 12.3 Å². The minimum atomic E-state index is -0.0841. The summed E-state index contributed by atoms with van der Waals surface area (Å²) in [5.41, 5.74) is 14.5. The fourth-order valence-electron chi connectivity index (χ4n) is 6.18. The van der Waals surface area contributed by atoms with Crippen molar-refractivity contribution in [1.82, 2.24) is 14.9 Å². The number of benzene rings is 1. The van der Waals surface area contributed by atoms with Gasteiger partial charge in [0.25, 0.3) is 0 Å². The fourth-order valence-corrected chi connectivity index (χ4v) is 6.18. The fraction of sp³-hybridized carbons (Fsp3) is 0.550. The summed E-state index contributed by atoms with van der Waals surface area (Å²) in [5, 5.41) is 0. The highest BCUT2D eigenvalue weighted by Crippen LogP contribution is 2.38. The highest BCUT2D eigenvalue weighted by Gasteiger charge is 2.30. The topological polar surface area (TPSA) is 64.3 Å². The van der Waals surface area contributed by atoms with Gasteiger partial charge in [0.15, 0.2) is 0 Å². The molecular weight excluding hydrogens is 552 g/mol. The number of hydrogen-bond donors (Lipinski definition) is 1. The van der Waals surface area contributed by atoms with Gasteiger partial charge in [-0.25, -0.2) is 0 Å². The molecule has 0 unspecified atom stereocenters. The number of aromatic nitrogens is 2. The lowest BCUT2D eigenvalue weighted by Crippen LogP contribution is -2.45. The van der Waals surface area contributed by atoms with Crippen molar-refractivity contribution in [3.63, 3.8) is 0 Å². The Morgan fingerprint density at radius 3 is 2.00 bits per heavy atom. The first-order valence-corrected chi connectivity index (χ1v) is 16.5. The average molecular weight is 609 g/mol. The molecule has 5 heteroatoms. The molecule has 45 heavy (non-hydrogen) atoms. The van der Waals surface area contributed by atoms with Crippen molar-refractivity contribution in [3.8, 4) is 29.0 Å². The van der Waals surface area contributed by atoms with Crippen molar-refractivity contribution in [2.45, 2.75) is 125 Å². The van der Waals surface area contributed by atoms with Gasteiger partial charge in [0.05, 0.1) is 23.3 Å². The second kappa shape index (κ2) is 12.8. The molecule has 1 saturated heterocycles. The van der Waals surface area contributed by atoms with Crippen LogP contribution < -0.4 is 10.5 Å². The van der Waals surface area contributed by atoms with Crippen LogP contribution in [0.1, 0.15) is 130 Å². The van der Waals surface area contributed by atoms with Gasteiger partial charge in [-0.15, -0.1) is 0 Å². The molecule has 1 aliphatic rings. The summed E-state index contributed by atoms with van der Waals surface area (Å²) >= 11 is 0. The Kier molecular flexibility index (Phi) is 9.81. The molecule has 0 radical (unpaired) electrons. The Bertz CT molecular complexity index is 1540. The van der Waals surface area contributed by atoms with E-state index in [4.69, 9.17) is 15.5 Å². The Balaban J connectivity index is 1.60. The van der Waals surface area contributed by atoms with Crippen molar-refractivity contribution in [3.05, 3.63) is 70.5 Å². The van der Waals surface area contributed by atoms with Gasteiger partial charge in [-0.1, -0.05) is 59.4 Å². The maximum absolute atomic E-state index is 6.50. The van der Waals surface area contributed by atoms with E-state index in [9.17, 15) is 0 Å². The Labute approximate surface area is 273 Å². The van der Waals surface area contributed by atoms with Crippen LogP contribution in [0, 0.1) is 17.3 Å². The average Bonchev–Trinajstić information content (AvgIpc) is 2.93. The molecule has 1 aromatic carbocycles. The Morgan fingerprint density at radius 1 is 0.822 bits per heavy atom. The monoisotopic (exact) mass is 608 g/mol. The number of ether oxygens (including phenoxy) is 1. The summed E-state index contributed by atoms with van der Waals surface area (Å²) in [6.45, 7) is 29.5. The van der Waals surface area contributed by atoms with Gasteiger partial charge in [-0.2, -0.15) is 0 Å². The third-order valence-electron chi connectivity index (χ3n) is 8.60. The van der Waals surface area contributed by atoms with E-state index in [0.29, 0.717) is 24.0 Å². The van der Waals surface area contributed by atoms with Gasteiger partial charge in [-0.05, 0) is 125 Å². The Hall–Kier alpha value is -3.36. The molecular formula is C40H56N4O. The van der Waals surface area contributed by atoms with Gasteiger partial charge in [0.1, 0.15) is 12.4 Å². The third kappa shape index (κ3) is 8.88. The standard InChI is InChI=1S/C40H56N4O/c1-37(2,3)18-15-27-21-30(36(39(7,8)9)31(22-27)38(4,5)6)26-45-35-23-34(43-25-32(35)41)33-14-13-29(24-42-33)28-16-19-44(20-17-28)40(10,11)12/h13-14,21-25,28H,16-17,19-20,26,41H2,1-12H3. The van der Waals surface area contributed by atoms with Crippen LogP contribution in [0.5, 0.6) is 5.75 Å². The van der Waals surface area contributed by atoms with Crippen LogP contribution in [0.2, 0.25) is 0 Å². The first-order chi connectivity index (χ1) is 20.7. The number of hydrogen-bond acceptors (Lipinski definition) is 5. The largest absolute Gasteiger partial charge is 0.487 e. The molecule has 242 valence electrons. The molecule has 0 aliphatic carbocycles. The molecule has 0 amide bonds. The molecule has 1 fully saturated rings. The number of anilines is 1. The molecule has 2 N–H and O–H groups in total. The molecule has 0 spiro atoms. The molecule has 0 atom stereocenters. The highest BCUT2D eigenvalue weighted by molar-refractivity contribution is 5.63. The van der Waals surface area contributed by atoms with Gasteiger partial charge < -0.3 is 10.5 Å². The van der Waals surface area contributed by atoms with Crippen molar-refractivity contribution < 1.29 is 4.74 Å². The van der Waals surface area contributed by atoms with E-state index in [1.165, 1.54) is 16.7 Å². The predicted octanol–water partition coefficient (Wildman–Crippen LogP) is 9.28.